The molecule has 7 nitrogen and oxygen atoms in total. The van der Waals surface area contributed by atoms with E-state index in [9.17, 15) is 29.4 Å². The summed E-state index contributed by atoms with van der Waals surface area (Å²) in [5.41, 5.74) is -0.867. The van der Waals surface area contributed by atoms with E-state index in [1.807, 2.05) is 0 Å². The molecule has 21 heavy (non-hydrogen) atoms. The van der Waals surface area contributed by atoms with Gasteiger partial charge in [-0.3, -0.25) is 0 Å². The largest absolute Gasteiger partial charge is 0.545 e. The van der Waals surface area contributed by atoms with E-state index in [0.717, 1.165) is 18.2 Å². The number of hydrogen-bond donors (Lipinski definition) is 1. The van der Waals surface area contributed by atoms with Crippen LogP contribution in [0.3, 0.4) is 0 Å². The standard InChI is InChI=1S/C14H6O7/c15-11(16)5-1-3-7-10-8(14(20)21-13(7)19)4-2-6(9(5)10)12(17)18/h1-4H,(H,15,16)(H,17,18)/p-1. The van der Waals surface area contributed by atoms with Gasteiger partial charge in [-0.05, 0) is 18.2 Å². The normalized spacial score (nSPS) is 13.1. The highest BCUT2D eigenvalue weighted by Gasteiger charge is 2.30. The maximum Gasteiger partial charge on any atom is 0.346 e. The first-order valence-corrected chi connectivity index (χ1v) is 5.72. The molecule has 2 aromatic rings. The number of hydrogen-bond acceptors (Lipinski definition) is 6. The number of carboxylic acid groups (broad SMARTS) is 2. The predicted octanol–water partition coefficient (Wildman–Crippen LogP) is 0.212. The monoisotopic (exact) mass is 285 g/mol. The number of cyclic esters (lactones) is 2. The summed E-state index contributed by atoms with van der Waals surface area (Å²) in [4.78, 5) is 45.8. The van der Waals surface area contributed by atoms with Crippen molar-refractivity contribution in [3.05, 3.63) is 46.5 Å². The summed E-state index contributed by atoms with van der Waals surface area (Å²) in [7, 11) is 0. The van der Waals surface area contributed by atoms with Crippen LogP contribution in [-0.4, -0.2) is 29.0 Å². The number of benzene rings is 2. The molecule has 1 heterocycles. The average molecular weight is 285 g/mol. The molecule has 1 aliphatic heterocycles. The number of ether oxygens (including phenoxy) is 1. The molecule has 0 aliphatic carbocycles. The van der Waals surface area contributed by atoms with Crippen LogP contribution in [0.1, 0.15) is 41.4 Å². The summed E-state index contributed by atoms with van der Waals surface area (Å²) in [6.45, 7) is 0. The molecule has 0 saturated heterocycles. The second-order valence-corrected chi connectivity index (χ2v) is 4.34. The lowest BCUT2D eigenvalue weighted by Crippen LogP contribution is -2.25. The van der Waals surface area contributed by atoms with Crippen molar-refractivity contribution in [1.29, 1.82) is 0 Å². The van der Waals surface area contributed by atoms with Crippen molar-refractivity contribution in [2.45, 2.75) is 0 Å². The van der Waals surface area contributed by atoms with Crippen LogP contribution in [0.2, 0.25) is 0 Å². The van der Waals surface area contributed by atoms with Gasteiger partial charge in [0.2, 0.25) is 0 Å². The summed E-state index contributed by atoms with van der Waals surface area (Å²) in [5, 5.41) is 20.1. The summed E-state index contributed by atoms with van der Waals surface area (Å²) < 4.78 is 4.52. The van der Waals surface area contributed by atoms with Crippen LogP contribution >= 0.6 is 0 Å². The SMILES string of the molecule is O=C([O-])c1ccc2c3c(ccc(C(=O)O)c13)C(=O)OC2=O. The summed E-state index contributed by atoms with van der Waals surface area (Å²) in [6.07, 6.45) is 0. The molecule has 3 rings (SSSR count). The molecule has 7 heteroatoms. The molecule has 0 atom stereocenters. The van der Waals surface area contributed by atoms with Gasteiger partial charge in [-0.1, -0.05) is 6.07 Å². The van der Waals surface area contributed by atoms with E-state index in [2.05, 4.69) is 4.74 Å². The van der Waals surface area contributed by atoms with Crippen LogP contribution in [0.5, 0.6) is 0 Å². The van der Waals surface area contributed by atoms with E-state index < -0.39 is 29.4 Å². The number of carbonyl (C=O) groups excluding carboxylic acids is 3. The van der Waals surface area contributed by atoms with Crippen molar-refractivity contribution in [1.82, 2.24) is 0 Å². The number of rotatable bonds is 2. The predicted molar refractivity (Wildman–Crippen MR) is 65.0 cm³/mol. The van der Waals surface area contributed by atoms with Crippen LogP contribution in [0, 0.1) is 0 Å². The quantitative estimate of drug-likeness (QED) is 0.618. The molecular weight excluding hydrogens is 280 g/mol. The Morgan fingerprint density at radius 1 is 0.905 bits per heavy atom. The first-order valence-electron chi connectivity index (χ1n) is 5.72. The van der Waals surface area contributed by atoms with Gasteiger partial charge in [-0.25, -0.2) is 14.4 Å². The number of carboxylic acids is 2. The van der Waals surface area contributed by atoms with Gasteiger partial charge >= 0.3 is 17.9 Å². The lowest BCUT2D eigenvalue weighted by Gasteiger charge is -2.19. The van der Waals surface area contributed by atoms with Crippen molar-refractivity contribution < 1.29 is 34.1 Å². The Hall–Kier alpha value is -3.22. The third kappa shape index (κ3) is 1.68. The summed E-state index contributed by atoms with van der Waals surface area (Å²) in [6, 6.07) is 4.49. The maximum atomic E-state index is 11.7. The molecule has 1 aliphatic rings. The van der Waals surface area contributed by atoms with Crippen LogP contribution in [0.15, 0.2) is 24.3 Å². The zero-order valence-electron chi connectivity index (χ0n) is 10.2. The van der Waals surface area contributed by atoms with Crippen molar-refractivity contribution in [2.75, 3.05) is 0 Å². The van der Waals surface area contributed by atoms with Crippen molar-refractivity contribution in [3.63, 3.8) is 0 Å². The fraction of sp³-hybridized carbons (Fsp3) is 0. The average Bonchev–Trinajstić information content (AvgIpc) is 2.43. The van der Waals surface area contributed by atoms with Crippen LogP contribution in [0.4, 0.5) is 0 Å². The highest BCUT2D eigenvalue weighted by Crippen LogP contribution is 2.33. The van der Waals surface area contributed by atoms with Gasteiger partial charge in [0.15, 0.2) is 0 Å². The van der Waals surface area contributed by atoms with Crippen molar-refractivity contribution in [2.24, 2.45) is 0 Å². The molecule has 0 unspecified atom stereocenters. The van der Waals surface area contributed by atoms with Crippen molar-refractivity contribution in [3.8, 4) is 0 Å². The Labute approximate surface area is 116 Å². The first kappa shape index (κ1) is 12.8. The van der Waals surface area contributed by atoms with Crippen molar-refractivity contribution >= 4 is 34.6 Å². The van der Waals surface area contributed by atoms with Crippen LogP contribution in [-0.2, 0) is 4.74 Å². The smallest absolute Gasteiger partial charge is 0.346 e. The Bertz CT molecular complexity index is 796. The molecular formula is C14H5O7-. The molecule has 0 fully saturated rings. The fourth-order valence-electron chi connectivity index (χ4n) is 2.38. The minimum Gasteiger partial charge on any atom is -0.545 e. The highest BCUT2D eigenvalue weighted by atomic mass is 16.6. The molecule has 0 bridgehead atoms. The molecule has 0 aromatic heterocycles. The Morgan fingerprint density at radius 3 is 1.90 bits per heavy atom. The second-order valence-electron chi connectivity index (χ2n) is 4.34. The van der Waals surface area contributed by atoms with E-state index in [0.29, 0.717) is 0 Å². The molecule has 0 radical (unpaired) electrons. The van der Waals surface area contributed by atoms with Gasteiger partial charge in [-0.15, -0.1) is 0 Å². The number of carbonyl (C=O) groups is 4. The lowest BCUT2D eigenvalue weighted by molar-refractivity contribution is -0.254. The lowest BCUT2D eigenvalue weighted by atomic mass is 9.90. The second kappa shape index (κ2) is 4.14. The number of esters is 2. The Kier molecular flexibility index (Phi) is 2.52. The van der Waals surface area contributed by atoms with E-state index in [-0.39, 0.29) is 27.5 Å². The molecule has 0 amide bonds. The minimum absolute atomic E-state index is 0.0437. The summed E-state index contributed by atoms with van der Waals surface area (Å²) >= 11 is 0. The molecule has 104 valence electrons. The third-order valence-electron chi connectivity index (χ3n) is 3.24. The van der Waals surface area contributed by atoms with Gasteiger partial charge in [0, 0.05) is 16.3 Å². The minimum atomic E-state index is -1.60. The maximum absolute atomic E-state index is 11.7. The Balaban J connectivity index is 2.60. The van der Waals surface area contributed by atoms with Gasteiger partial charge in [0.05, 0.1) is 22.7 Å². The van der Waals surface area contributed by atoms with E-state index in [1.54, 1.807) is 0 Å². The van der Waals surface area contributed by atoms with Crippen LogP contribution < -0.4 is 5.11 Å². The van der Waals surface area contributed by atoms with Gasteiger partial charge in [-0.2, -0.15) is 0 Å². The number of aromatic carboxylic acids is 2. The molecule has 1 N–H and O–H groups in total. The van der Waals surface area contributed by atoms with E-state index in [4.69, 9.17) is 0 Å². The zero-order valence-corrected chi connectivity index (χ0v) is 10.2. The highest BCUT2D eigenvalue weighted by molar-refractivity contribution is 6.26. The van der Waals surface area contributed by atoms with Gasteiger partial charge < -0.3 is 19.7 Å². The van der Waals surface area contributed by atoms with Gasteiger partial charge in [0.1, 0.15) is 0 Å². The summed E-state index contributed by atoms with van der Waals surface area (Å²) in [5.74, 6) is -4.89. The molecule has 0 spiro atoms. The van der Waals surface area contributed by atoms with E-state index in [1.165, 1.54) is 6.07 Å². The molecule has 0 saturated carbocycles. The third-order valence-corrected chi connectivity index (χ3v) is 3.24. The van der Waals surface area contributed by atoms with Gasteiger partial charge in [0.25, 0.3) is 0 Å². The topological polar surface area (TPSA) is 121 Å². The zero-order chi connectivity index (χ0) is 15.3. The molecule has 2 aromatic carbocycles. The first-order chi connectivity index (χ1) is 9.91. The van der Waals surface area contributed by atoms with Crippen LogP contribution in [0.25, 0.3) is 10.8 Å². The van der Waals surface area contributed by atoms with E-state index >= 15 is 0 Å². The fourth-order valence-corrected chi connectivity index (χ4v) is 2.38. The Morgan fingerprint density at radius 2 is 1.43 bits per heavy atom.